The van der Waals surface area contributed by atoms with Crippen molar-refractivity contribution in [1.82, 2.24) is 20.2 Å². The number of ether oxygens (including phenoxy) is 3. The Balaban J connectivity index is 1.62. The molecule has 1 aliphatic rings. The molecule has 2 amide bonds. The van der Waals surface area contributed by atoms with Crippen molar-refractivity contribution in [3.8, 4) is 17.4 Å². The monoisotopic (exact) mass is 443 g/mol. The number of nitrogens with one attached hydrogen (secondary N) is 1. The van der Waals surface area contributed by atoms with Crippen LogP contribution in [0.1, 0.15) is 19.4 Å². The number of methoxy groups -OCH3 is 1. The molecule has 0 spiro atoms. The van der Waals surface area contributed by atoms with Gasteiger partial charge in [0.1, 0.15) is 18.7 Å². The van der Waals surface area contributed by atoms with Crippen molar-refractivity contribution in [3.63, 3.8) is 0 Å². The second kappa shape index (κ2) is 10.7. The fraction of sp³-hybridized carbons (Fsp3) is 0.455. The summed E-state index contributed by atoms with van der Waals surface area (Å²) >= 11 is 0. The van der Waals surface area contributed by atoms with Crippen LogP contribution in [-0.4, -0.2) is 72.8 Å². The number of nitrogens with zero attached hydrogens (tertiary/aromatic N) is 4. The number of carbonyl (C=O) groups excluding carboxylic acids is 2. The molecule has 10 heteroatoms. The molecule has 0 radical (unpaired) electrons. The Kier molecular flexibility index (Phi) is 7.69. The number of piperazine rings is 1. The highest BCUT2D eigenvalue weighted by Crippen LogP contribution is 2.32. The third-order valence-electron chi connectivity index (χ3n) is 5.06. The molecule has 32 heavy (non-hydrogen) atoms. The summed E-state index contributed by atoms with van der Waals surface area (Å²) in [5.41, 5.74) is 1.07. The molecule has 172 valence electrons. The van der Waals surface area contributed by atoms with Gasteiger partial charge in [-0.25, -0.2) is 14.8 Å². The number of anilines is 1. The van der Waals surface area contributed by atoms with Gasteiger partial charge in [0.15, 0.2) is 11.5 Å². The molecule has 0 bridgehead atoms. The van der Waals surface area contributed by atoms with E-state index in [1.54, 1.807) is 25.0 Å². The molecule has 0 aliphatic carbocycles. The Morgan fingerprint density at radius 3 is 2.72 bits per heavy atom. The lowest BCUT2D eigenvalue weighted by atomic mass is 10.2. The van der Waals surface area contributed by atoms with Gasteiger partial charge in [-0.15, -0.1) is 0 Å². The van der Waals surface area contributed by atoms with Gasteiger partial charge in [-0.2, -0.15) is 0 Å². The van der Waals surface area contributed by atoms with Crippen LogP contribution >= 0.6 is 0 Å². The van der Waals surface area contributed by atoms with Gasteiger partial charge in [-0.1, -0.05) is 6.07 Å². The quantitative estimate of drug-likeness (QED) is 0.650. The van der Waals surface area contributed by atoms with Gasteiger partial charge in [-0.3, -0.25) is 4.79 Å². The summed E-state index contributed by atoms with van der Waals surface area (Å²) in [6, 6.07) is 7.07. The fourth-order valence-electron chi connectivity index (χ4n) is 3.46. The van der Waals surface area contributed by atoms with Gasteiger partial charge in [-0.05, 0) is 38.5 Å². The number of amides is 2. The van der Waals surface area contributed by atoms with Crippen LogP contribution < -0.4 is 19.7 Å². The van der Waals surface area contributed by atoms with E-state index in [2.05, 4.69) is 20.2 Å². The van der Waals surface area contributed by atoms with Crippen LogP contribution in [0.25, 0.3) is 0 Å². The number of hydrogen-bond acceptors (Lipinski definition) is 8. The average Bonchev–Trinajstić information content (AvgIpc) is 2.79. The first-order valence-corrected chi connectivity index (χ1v) is 10.5. The molecule has 10 nitrogen and oxygen atoms in total. The van der Waals surface area contributed by atoms with E-state index in [0.717, 1.165) is 5.56 Å². The van der Waals surface area contributed by atoms with E-state index >= 15 is 0 Å². The normalized spacial score (nSPS) is 15.8. The molecular formula is C22H29N5O5. The number of carbonyl (C=O) groups is 2. The highest BCUT2D eigenvalue weighted by atomic mass is 16.5. The summed E-state index contributed by atoms with van der Waals surface area (Å²) in [4.78, 5) is 36.3. The summed E-state index contributed by atoms with van der Waals surface area (Å²) in [6.45, 7) is 7.45. The highest BCUT2D eigenvalue weighted by molar-refractivity contribution is 5.81. The summed E-state index contributed by atoms with van der Waals surface area (Å²) in [6.07, 6.45) is 1.45. The van der Waals surface area contributed by atoms with Crippen LogP contribution in [0.2, 0.25) is 0 Å². The second-order valence-electron chi connectivity index (χ2n) is 7.42. The van der Waals surface area contributed by atoms with Crippen LogP contribution in [-0.2, 0) is 9.53 Å². The standard InChI is InChI=1S/C22H29N5O5/c1-5-31-21(28)12-23-22(29)27-9-8-26(13-16(27)3)19-11-20(25-14-24-19)32-17-7-6-15(2)10-18(17)30-4/h6-7,10-11,14,16H,5,8-9,12-13H2,1-4H3,(H,23,29)/t16-/m0/s1. The third kappa shape index (κ3) is 5.77. The molecule has 0 saturated carbocycles. The molecule has 1 aliphatic heterocycles. The van der Waals surface area contributed by atoms with E-state index < -0.39 is 5.97 Å². The molecule has 3 rings (SSSR count). The Labute approximate surface area is 187 Å². The van der Waals surface area contributed by atoms with E-state index in [9.17, 15) is 9.59 Å². The first-order chi connectivity index (χ1) is 15.4. The molecular weight excluding hydrogens is 414 g/mol. The van der Waals surface area contributed by atoms with Crippen LogP contribution in [0.5, 0.6) is 17.4 Å². The molecule has 1 saturated heterocycles. The van der Waals surface area contributed by atoms with E-state index in [0.29, 0.717) is 42.8 Å². The highest BCUT2D eigenvalue weighted by Gasteiger charge is 2.28. The minimum absolute atomic E-state index is 0.0810. The van der Waals surface area contributed by atoms with Crippen LogP contribution in [0.4, 0.5) is 10.6 Å². The first kappa shape index (κ1) is 23.1. The molecule has 1 N–H and O–H groups in total. The zero-order valence-corrected chi connectivity index (χ0v) is 18.8. The zero-order valence-electron chi connectivity index (χ0n) is 18.8. The number of benzene rings is 1. The van der Waals surface area contributed by atoms with Gasteiger partial charge in [0, 0.05) is 31.7 Å². The number of hydrogen-bond donors (Lipinski definition) is 1. The zero-order chi connectivity index (χ0) is 23.1. The number of aromatic nitrogens is 2. The van der Waals surface area contributed by atoms with Crippen molar-refractivity contribution in [1.29, 1.82) is 0 Å². The number of urea groups is 1. The summed E-state index contributed by atoms with van der Waals surface area (Å²) in [7, 11) is 1.59. The topological polar surface area (TPSA) is 106 Å². The van der Waals surface area contributed by atoms with Crippen molar-refractivity contribution in [2.45, 2.75) is 26.8 Å². The van der Waals surface area contributed by atoms with Crippen molar-refractivity contribution >= 4 is 17.8 Å². The Bertz CT molecular complexity index is 954. The Morgan fingerprint density at radius 1 is 1.19 bits per heavy atom. The van der Waals surface area contributed by atoms with Crippen LogP contribution in [0.3, 0.4) is 0 Å². The molecule has 1 aromatic heterocycles. The molecule has 2 aromatic rings. The lowest BCUT2D eigenvalue weighted by Gasteiger charge is -2.40. The lowest BCUT2D eigenvalue weighted by molar-refractivity contribution is -0.141. The van der Waals surface area contributed by atoms with Crippen LogP contribution in [0, 0.1) is 6.92 Å². The lowest BCUT2D eigenvalue weighted by Crippen LogP contribution is -2.57. The first-order valence-electron chi connectivity index (χ1n) is 10.5. The summed E-state index contributed by atoms with van der Waals surface area (Å²) in [5.74, 6) is 1.85. The fourth-order valence-corrected chi connectivity index (χ4v) is 3.46. The largest absolute Gasteiger partial charge is 0.493 e. The van der Waals surface area contributed by atoms with Crippen LogP contribution in [0.15, 0.2) is 30.6 Å². The van der Waals surface area contributed by atoms with Crippen molar-refractivity contribution in [3.05, 3.63) is 36.2 Å². The molecule has 1 fully saturated rings. The minimum Gasteiger partial charge on any atom is -0.493 e. The number of esters is 1. The Morgan fingerprint density at radius 2 is 2.00 bits per heavy atom. The van der Waals surface area contributed by atoms with Crippen molar-refractivity contribution in [2.24, 2.45) is 0 Å². The second-order valence-corrected chi connectivity index (χ2v) is 7.42. The van der Waals surface area contributed by atoms with Gasteiger partial charge in [0.2, 0.25) is 5.88 Å². The van der Waals surface area contributed by atoms with Gasteiger partial charge >= 0.3 is 12.0 Å². The van der Waals surface area contributed by atoms with Crippen molar-refractivity contribution in [2.75, 3.05) is 44.8 Å². The third-order valence-corrected chi connectivity index (χ3v) is 5.06. The van der Waals surface area contributed by atoms with Gasteiger partial charge < -0.3 is 29.3 Å². The Hall–Kier alpha value is -3.56. The van der Waals surface area contributed by atoms with E-state index in [1.807, 2.05) is 32.0 Å². The minimum atomic E-state index is -0.453. The SMILES string of the molecule is CCOC(=O)CNC(=O)N1CCN(c2cc(Oc3ccc(C)cc3OC)ncn2)C[C@@H]1C. The molecule has 2 heterocycles. The van der Waals surface area contributed by atoms with E-state index in [1.165, 1.54) is 6.33 Å². The predicted octanol–water partition coefficient (Wildman–Crippen LogP) is 2.37. The molecule has 1 atom stereocenters. The summed E-state index contributed by atoms with van der Waals surface area (Å²) < 4.78 is 16.2. The van der Waals surface area contributed by atoms with Gasteiger partial charge in [0.25, 0.3) is 0 Å². The summed E-state index contributed by atoms with van der Waals surface area (Å²) in [5, 5.41) is 2.61. The number of rotatable bonds is 7. The molecule has 1 aromatic carbocycles. The smallest absolute Gasteiger partial charge is 0.325 e. The van der Waals surface area contributed by atoms with Crippen molar-refractivity contribution < 1.29 is 23.8 Å². The van der Waals surface area contributed by atoms with E-state index in [4.69, 9.17) is 14.2 Å². The number of aryl methyl sites for hydroxylation is 1. The van der Waals surface area contributed by atoms with E-state index in [-0.39, 0.29) is 25.2 Å². The average molecular weight is 444 g/mol. The maximum absolute atomic E-state index is 12.4. The maximum Gasteiger partial charge on any atom is 0.325 e. The maximum atomic E-state index is 12.4. The predicted molar refractivity (Wildman–Crippen MR) is 118 cm³/mol. The molecule has 0 unspecified atom stereocenters. The van der Waals surface area contributed by atoms with Gasteiger partial charge in [0.05, 0.1) is 13.7 Å².